The van der Waals surface area contributed by atoms with Crippen LogP contribution in [0.1, 0.15) is 12.0 Å². The first-order chi connectivity index (χ1) is 17.6. The van der Waals surface area contributed by atoms with E-state index in [1.54, 1.807) is 25.1 Å². The second kappa shape index (κ2) is 12.5. The van der Waals surface area contributed by atoms with Crippen molar-refractivity contribution in [1.29, 1.82) is 0 Å². The maximum absolute atomic E-state index is 13.3. The lowest BCUT2D eigenvalue weighted by molar-refractivity contribution is -0.153. The van der Waals surface area contributed by atoms with Crippen LogP contribution in [0.4, 0.5) is 23.2 Å². The summed E-state index contributed by atoms with van der Waals surface area (Å²) in [4.78, 5) is 29.8. The zero-order chi connectivity index (χ0) is 26.6. The van der Waals surface area contributed by atoms with E-state index in [1.807, 2.05) is 4.90 Å². The van der Waals surface area contributed by atoms with Gasteiger partial charge in [-0.25, -0.2) is 9.18 Å². The van der Waals surface area contributed by atoms with Crippen molar-refractivity contribution in [2.45, 2.75) is 26.1 Å². The Morgan fingerprint density at radius 2 is 1.58 bits per heavy atom. The lowest BCUT2D eigenvalue weighted by Crippen LogP contribution is -2.47. The molecule has 3 aromatic rings. The van der Waals surface area contributed by atoms with Gasteiger partial charge < -0.3 is 9.64 Å². The van der Waals surface area contributed by atoms with Crippen molar-refractivity contribution >= 4 is 18.1 Å². The lowest BCUT2D eigenvalue weighted by Gasteiger charge is -2.36. The first-order valence-corrected chi connectivity index (χ1v) is 12.0. The molecule has 12 heteroatoms. The van der Waals surface area contributed by atoms with E-state index in [2.05, 4.69) is 4.90 Å². The number of hydrogen-bond acceptors (Lipinski definition) is 5. The summed E-state index contributed by atoms with van der Waals surface area (Å²) in [6, 6.07) is 12.2. The molecule has 0 radical (unpaired) electrons. The van der Waals surface area contributed by atoms with Crippen molar-refractivity contribution in [3.63, 3.8) is 0 Å². The Balaban J connectivity index is 0.00000400. The van der Waals surface area contributed by atoms with E-state index >= 15 is 0 Å². The largest absolute Gasteiger partial charge is 0.482 e. The highest BCUT2D eigenvalue weighted by Crippen LogP contribution is 2.30. The minimum absolute atomic E-state index is 0. The summed E-state index contributed by atoms with van der Waals surface area (Å²) >= 11 is 0. The number of alkyl halides is 3. The van der Waals surface area contributed by atoms with E-state index in [4.69, 9.17) is 4.74 Å². The van der Waals surface area contributed by atoms with Gasteiger partial charge >= 0.3 is 11.9 Å². The summed E-state index contributed by atoms with van der Waals surface area (Å²) in [7, 11) is 0. The Kier molecular flexibility index (Phi) is 9.61. The van der Waals surface area contributed by atoms with Crippen LogP contribution in [0, 0.1) is 12.7 Å². The maximum atomic E-state index is 13.3. The molecule has 206 valence electrons. The third-order valence-electron chi connectivity index (χ3n) is 6.27. The van der Waals surface area contributed by atoms with Gasteiger partial charge in [0, 0.05) is 44.5 Å². The van der Waals surface area contributed by atoms with Gasteiger partial charge in [-0.2, -0.15) is 13.2 Å². The van der Waals surface area contributed by atoms with E-state index in [9.17, 15) is 27.2 Å². The van der Waals surface area contributed by atoms with Crippen LogP contribution in [0.25, 0.3) is 5.69 Å². The number of nitrogens with zero attached hydrogens (tertiary/aromatic N) is 4. The summed E-state index contributed by atoms with van der Waals surface area (Å²) in [5.41, 5.74) is 0.660. The number of rotatable bonds is 8. The predicted molar refractivity (Wildman–Crippen MR) is 140 cm³/mol. The second-order valence-corrected chi connectivity index (χ2v) is 8.95. The molecule has 0 bridgehead atoms. The number of para-hydroxylation sites is 2. The number of aromatic nitrogens is 2. The van der Waals surface area contributed by atoms with Crippen molar-refractivity contribution < 1.29 is 22.3 Å². The number of benzene rings is 2. The van der Waals surface area contributed by atoms with Crippen LogP contribution in [-0.2, 0) is 6.54 Å². The number of hydrogen-bond donors (Lipinski definition) is 0. The highest BCUT2D eigenvalue weighted by atomic mass is 35.5. The smallest absolute Gasteiger partial charge is 0.422 e. The molecule has 1 fully saturated rings. The molecule has 0 amide bonds. The van der Waals surface area contributed by atoms with Crippen molar-refractivity contribution in [1.82, 2.24) is 14.0 Å². The molecule has 0 aliphatic carbocycles. The fraction of sp³-hybridized carbons (Fsp3) is 0.385. The van der Waals surface area contributed by atoms with Crippen LogP contribution in [0.15, 0.2) is 64.3 Å². The second-order valence-electron chi connectivity index (χ2n) is 8.95. The van der Waals surface area contributed by atoms with E-state index in [0.29, 0.717) is 56.1 Å². The Morgan fingerprint density at radius 1 is 0.921 bits per heavy atom. The zero-order valence-corrected chi connectivity index (χ0v) is 21.6. The van der Waals surface area contributed by atoms with Gasteiger partial charge in [-0.1, -0.05) is 12.1 Å². The molecular formula is C26H29ClF4N4O3. The quantitative estimate of drug-likeness (QED) is 0.392. The fourth-order valence-electron chi connectivity index (χ4n) is 4.38. The average Bonchev–Trinajstić information content (AvgIpc) is 2.88. The Bertz CT molecular complexity index is 1330. The van der Waals surface area contributed by atoms with Crippen molar-refractivity contribution in [3.05, 3.63) is 86.9 Å². The minimum Gasteiger partial charge on any atom is -0.482 e. The number of piperazine rings is 1. The molecule has 2 aromatic carbocycles. The van der Waals surface area contributed by atoms with Gasteiger partial charge in [0.1, 0.15) is 11.6 Å². The zero-order valence-electron chi connectivity index (χ0n) is 20.8. The summed E-state index contributed by atoms with van der Waals surface area (Å²) in [5.74, 6) is -0.219. The molecule has 0 spiro atoms. The molecule has 4 rings (SSSR count). The number of ether oxygens (including phenoxy) is 1. The highest BCUT2D eigenvalue weighted by molar-refractivity contribution is 5.85. The molecule has 2 heterocycles. The van der Waals surface area contributed by atoms with Crippen LogP contribution < -0.4 is 20.9 Å². The summed E-state index contributed by atoms with van der Waals surface area (Å²) in [5, 5.41) is 0. The van der Waals surface area contributed by atoms with Crippen LogP contribution in [0.5, 0.6) is 5.75 Å². The summed E-state index contributed by atoms with van der Waals surface area (Å²) < 4.78 is 58.6. The third kappa shape index (κ3) is 7.16. The van der Waals surface area contributed by atoms with Gasteiger partial charge in [0.25, 0.3) is 5.56 Å². The van der Waals surface area contributed by atoms with E-state index in [0.717, 1.165) is 0 Å². The van der Waals surface area contributed by atoms with Gasteiger partial charge in [-0.15, -0.1) is 12.4 Å². The SMILES string of the molecule is Cc1cn(-c2ccc(F)cc2)c(=O)n(CCCN2CCN(c3ccccc3OCC(F)(F)F)CC2)c1=O.Cl. The number of aryl methyl sites for hydroxylation is 1. The van der Waals surface area contributed by atoms with E-state index < -0.39 is 24.3 Å². The number of anilines is 1. The van der Waals surface area contributed by atoms with Crippen LogP contribution >= 0.6 is 12.4 Å². The van der Waals surface area contributed by atoms with Gasteiger partial charge in [-0.05, 0) is 56.3 Å². The van der Waals surface area contributed by atoms with Gasteiger partial charge in [0.2, 0.25) is 0 Å². The van der Waals surface area contributed by atoms with Gasteiger partial charge in [-0.3, -0.25) is 18.8 Å². The molecule has 1 aromatic heterocycles. The standard InChI is InChI=1S/C26H28F4N4O3.ClH/c1-19-17-34(21-9-7-20(27)8-10-21)25(36)33(24(19)35)12-4-11-31-13-15-32(16-14-31)22-5-2-3-6-23(22)37-18-26(28,29)30;/h2-3,5-10,17H,4,11-16,18H2,1H3;1H. The van der Waals surface area contributed by atoms with Gasteiger partial charge in [0.15, 0.2) is 6.61 Å². The molecule has 0 atom stereocenters. The van der Waals surface area contributed by atoms with E-state index in [1.165, 1.54) is 45.7 Å². The van der Waals surface area contributed by atoms with Crippen LogP contribution in [0.2, 0.25) is 0 Å². The number of halogens is 5. The Labute approximate surface area is 223 Å². The third-order valence-corrected chi connectivity index (χ3v) is 6.27. The molecular weight excluding hydrogens is 528 g/mol. The summed E-state index contributed by atoms with van der Waals surface area (Å²) in [6.07, 6.45) is -2.38. The monoisotopic (exact) mass is 556 g/mol. The minimum atomic E-state index is -4.41. The topological polar surface area (TPSA) is 59.7 Å². The summed E-state index contributed by atoms with van der Waals surface area (Å²) in [6.45, 7) is 3.73. The maximum Gasteiger partial charge on any atom is 0.422 e. The van der Waals surface area contributed by atoms with E-state index in [-0.39, 0.29) is 30.3 Å². The molecule has 0 saturated carbocycles. The normalized spacial score (nSPS) is 14.3. The predicted octanol–water partition coefficient (Wildman–Crippen LogP) is 4.02. The molecule has 7 nitrogen and oxygen atoms in total. The fourth-order valence-corrected chi connectivity index (χ4v) is 4.38. The first kappa shape index (κ1) is 29.2. The molecule has 38 heavy (non-hydrogen) atoms. The van der Waals surface area contributed by atoms with Crippen LogP contribution in [-0.4, -0.2) is 59.5 Å². The molecule has 0 N–H and O–H groups in total. The Hall–Kier alpha value is -3.31. The lowest BCUT2D eigenvalue weighted by atomic mass is 10.2. The molecule has 1 aliphatic heterocycles. The molecule has 0 unspecified atom stereocenters. The first-order valence-electron chi connectivity index (χ1n) is 12.0. The average molecular weight is 557 g/mol. The molecule has 1 saturated heterocycles. The molecule has 1 aliphatic rings. The highest BCUT2D eigenvalue weighted by Gasteiger charge is 2.29. The van der Waals surface area contributed by atoms with Crippen molar-refractivity contribution in [2.24, 2.45) is 0 Å². The van der Waals surface area contributed by atoms with Gasteiger partial charge in [0.05, 0.1) is 11.4 Å². The van der Waals surface area contributed by atoms with Crippen molar-refractivity contribution in [3.8, 4) is 11.4 Å². The van der Waals surface area contributed by atoms with Crippen molar-refractivity contribution in [2.75, 3.05) is 44.2 Å². The Morgan fingerprint density at radius 3 is 2.24 bits per heavy atom. The van der Waals surface area contributed by atoms with Crippen LogP contribution in [0.3, 0.4) is 0 Å².